The maximum Gasteiger partial charge on any atom is 0.169 e. The van der Waals surface area contributed by atoms with Crippen LogP contribution in [-0.2, 0) is 6.42 Å². The van der Waals surface area contributed by atoms with Crippen molar-refractivity contribution in [2.45, 2.75) is 39.2 Å². The van der Waals surface area contributed by atoms with E-state index < -0.39 is 0 Å². The zero-order valence-corrected chi connectivity index (χ0v) is 15.1. The predicted octanol–water partition coefficient (Wildman–Crippen LogP) is 4.93. The molecule has 0 unspecified atom stereocenters. The van der Waals surface area contributed by atoms with Gasteiger partial charge in [-0.25, -0.2) is 0 Å². The topological polar surface area (TPSA) is 34.9 Å². The monoisotopic (exact) mass is 416 g/mol. The Labute approximate surface area is 143 Å². The summed E-state index contributed by atoms with van der Waals surface area (Å²) in [6.45, 7) is 4.30. The van der Waals surface area contributed by atoms with Crippen LogP contribution in [0.2, 0.25) is 5.02 Å². The summed E-state index contributed by atoms with van der Waals surface area (Å²) in [7, 11) is 0. The molecule has 0 fully saturated rings. The Bertz CT molecular complexity index is 635. The molecule has 0 aliphatic heterocycles. The van der Waals surface area contributed by atoms with Crippen LogP contribution in [0, 0.1) is 3.57 Å². The molecule has 2 rings (SSSR count). The molecule has 112 valence electrons. The quantitative estimate of drug-likeness (QED) is 0.494. The first-order chi connectivity index (χ1) is 10.0. The van der Waals surface area contributed by atoms with Crippen molar-refractivity contribution in [3.05, 3.63) is 50.3 Å². The van der Waals surface area contributed by atoms with Gasteiger partial charge in [0.2, 0.25) is 0 Å². The summed E-state index contributed by atoms with van der Waals surface area (Å²) in [4.78, 5) is 12.4. The predicted molar refractivity (Wildman–Crippen MR) is 94.0 cm³/mol. The van der Waals surface area contributed by atoms with E-state index in [0.29, 0.717) is 23.0 Å². The van der Waals surface area contributed by atoms with E-state index in [0.717, 1.165) is 22.1 Å². The van der Waals surface area contributed by atoms with E-state index in [-0.39, 0.29) is 5.78 Å². The SMILES string of the molecule is CCC(CC)n1ccc(CC(=O)c2cc(Cl)ccc2I)n1. The molecule has 0 saturated heterocycles. The molecular formula is C16H18ClIN2O. The molecule has 0 aliphatic carbocycles. The van der Waals surface area contributed by atoms with E-state index in [2.05, 4.69) is 41.5 Å². The summed E-state index contributed by atoms with van der Waals surface area (Å²) in [5, 5.41) is 5.11. The van der Waals surface area contributed by atoms with Crippen LogP contribution >= 0.6 is 34.2 Å². The van der Waals surface area contributed by atoms with Crippen molar-refractivity contribution in [1.29, 1.82) is 0 Å². The van der Waals surface area contributed by atoms with Crippen molar-refractivity contribution < 1.29 is 4.79 Å². The molecule has 0 radical (unpaired) electrons. The molecule has 21 heavy (non-hydrogen) atoms. The average Bonchev–Trinajstić information content (AvgIpc) is 2.91. The molecule has 5 heteroatoms. The second-order valence-electron chi connectivity index (χ2n) is 4.98. The Morgan fingerprint density at radius 2 is 2.05 bits per heavy atom. The van der Waals surface area contributed by atoms with Crippen LogP contribution in [0.5, 0.6) is 0 Å². The second kappa shape index (κ2) is 7.40. The van der Waals surface area contributed by atoms with E-state index >= 15 is 0 Å². The maximum absolute atomic E-state index is 12.4. The molecule has 3 nitrogen and oxygen atoms in total. The van der Waals surface area contributed by atoms with Crippen molar-refractivity contribution >= 4 is 40.0 Å². The molecule has 0 atom stereocenters. The van der Waals surface area contributed by atoms with Gasteiger partial charge in [0, 0.05) is 20.4 Å². The molecule has 0 aliphatic rings. The number of Topliss-reactive ketones (excluding diaryl/α,β-unsaturated/α-hetero) is 1. The van der Waals surface area contributed by atoms with Gasteiger partial charge in [0.05, 0.1) is 18.2 Å². The highest BCUT2D eigenvalue weighted by atomic mass is 127. The van der Waals surface area contributed by atoms with E-state index in [1.807, 2.05) is 23.0 Å². The van der Waals surface area contributed by atoms with Crippen molar-refractivity contribution in [2.24, 2.45) is 0 Å². The van der Waals surface area contributed by atoms with E-state index in [4.69, 9.17) is 11.6 Å². The molecule has 2 aromatic rings. The zero-order valence-electron chi connectivity index (χ0n) is 12.1. The van der Waals surface area contributed by atoms with Gasteiger partial charge in [-0.05, 0) is 59.7 Å². The molecule has 0 amide bonds. The normalized spacial score (nSPS) is 11.1. The average molecular weight is 417 g/mol. The van der Waals surface area contributed by atoms with Crippen molar-refractivity contribution in [1.82, 2.24) is 9.78 Å². The van der Waals surface area contributed by atoms with Crippen LogP contribution in [0.4, 0.5) is 0 Å². The first-order valence-electron chi connectivity index (χ1n) is 7.07. The molecule has 1 aromatic carbocycles. The maximum atomic E-state index is 12.4. The number of benzene rings is 1. The van der Waals surface area contributed by atoms with Gasteiger partial charge in [-0.15, -0.1) is 0 Å². The van der Waals surface area contributed by atoms with Crippen LogP contribution in [0.1, 0.15) is 48.8 Å². The number of ketones is 1. The largest absolute Gasteiger partial charge is 0.294 e. The summed E-state index contributed by atoms with van der Waals surface area (Å²) in [6, 6.07) is 7.71. The first-order valence-corrected chi connectivity index (χ1v) is 8.53. The van der Waals surface area contributed by atoms with Crippen molar-refractivity contribution in [2.75, 3.05) is 0 Å². The van der Waals surface area contributed by atoms with Crippen LogP contribution < -0.4 is 0 Å². The van der Waals surface area contributed by atoms with Gasteiger partial charge in [-0.3, -0.25) is 9.48 Å². The van der Waals surface area contributed by atoms with Gasteiger partial charge in [-0.1, -0.05) is 25.4 Å². The lowest BCUT2D eigenvalue weighted by Gasteiger charge is -2.12. The fraction of sp³-hybridized carbons (Fsp3) is 0.375. The Balaban J connectivity index is 2.15. The van der Waals surface area contributed by atoms with Gasteiger partial charge in [-0.2, -0.15) is 5.10 Å². The van der Waals surface area contributed by atoms with Gasteiger partial charge < -0.3 is 0 Å². The van der Waals surface area contributed by atoms with Gasteiger partial charge in [0.15, 0.2) is 5.78 Å². The van der Waals surface area contributed by atoms with E-state index in [1.54, 1.807) is 12.1 Å². The molecule has 0 N–H and O–H groups in total. The molecule has 0 spiro atoms. The number of hydrogen-bond donors (Lipinski definition) is 0. The highest BCUT2D eigenvalue weighted by Crippen LogP contribution is 2.20. The lowest BCUT2D eigenvalue weighted by molar-refractivity contribution is 0.0991. The highest BCUT2D eigenvalue weighted by Gasteiger charge is 2.14. The number of nitrogens with zero attached hydrogens (tertiary/aromatic N) is 2. The van der Waals surface area contributed by atoms with Crippen LogP contribution in [0.25, 0.3) is 0 Å². The highest BCUT2D eigenvalue weighted by molar-refractivity contribution is 14.1. The second-order valence-corrected chi connectivity index (χ2v) is 6.58. The fourth-order valence-corrected chi connectivity index (χ4v) is 3.12. The van der Waals surface area contributed by atoms with Gasteiger partial charge in [0.1, 0.15) is 0 Å². The van der Waals surface area contributed by atoms with Crippen LogP contribution in [0.3, 0.4) is 0 Å². The van der Waals surface area contributed by atoms with Crippen LogP contribution in [-0.4, -0.2) is 15.6 Å². The summed E-state index contributed by atoms with van der Waals surface area (Å²) in [5.74, 6) is 0.0525. The third-order valence-corrected chi connectivity index (χ3v) is 4.73. The van der Waals surface area contributed by atoms with E-state index in [1.165, 1.54) is 0 Å². The van der Waals surface area contributed by atoms with E-state index in [9.17, 15) is 4.79 Å². The lowest BCUT2D eigenvalue weighted by atomic mass is 10.1. The third kappa shape index (κ3) is 4.07. The number of hydrogen-bond acceptors (Lipinski definition) is 2. The smallest absolute Gasteiger partial charge is 0.169 e. The number of carbonyl (C=O) groups is 1. The molecule has 0 bridgehead atoms. The summed E-state index contributed by atoms with van der Waals surface area (Å²) in [6.07, 6.45) is 4.35. The van der Waals surface area contributed by atoms with Crippen molar-refractivity contribution in [3.8, 4) is 0 Å². The Morgan fingerprint density at radius 1 is 1.33 bits per heavy atom. The van der Waals surface area contributed by atoms with Crippen molar-refractivity contribution in [3.63, 3.8) is 0 Å². The zero-order chi connectivity index (χ0) is 15.4. The molecule has 0 saturated carbocycles. The minimum absolute atomic E-state index is 0.0525. The number of carbonyl (C=O) groups excluding carboxylic acids is 1. The van der Waals surface area contributed by atoms with Gasteiger partial charge in [0.25, 0.3) is 0 Å². The Morgan fingerprint density at radius 3 is 2.71 bits per heavy atom. The van der Waals surface area contributed by atoms with Gasteiger partial charge >= 0.3 is 0 Å². The fourth-order valence-electron chi connectivity index (χ4n) is 2.31. The third-order valence-electron chi connectivity index (χ3n) is 3.55. The Kier molecular flexibility index (Phi) is 5.81. The minimum atomic E-state index is 0.0525. The summed E-state index contributed by atoms with van der Waals surface area (Å²) >= 11 is 8.13. The summed E-state index contributed by atoms with van der Waals surface area (Å²) in [5.41, 5.74) is 1.47. The van der Waals surface area contributed by atoms with Crippen LogP contribution in [0.15, 0.2) is 30.5 Å². The number of rotatable bonds is 6. The lowest BCUT2D eigenvalue weighted by Crippen LogP contribution is -2.10. The summed E-state index contributed by atoms with van der Waals surface area (Å²) < 4.78 is 2.88. The molecular weight excluding hydrogens is 399 g/mol. The molecule has 1 aromatic heterocycles. The number of aromatic nitrogens is 2. The minimum Gasteiger partial charge on any atom is -0.294 e. The Hall–Kier alpha value is -0.880. The first kappa shape index (κ1) is 16.5. The standard InChI is InChI=1S/C16H18ClIN2O/c1-3-13(4-2)20-8-7-12(19-20)10-16(21)14-9-11(17)5-6-15(14)18/h5-9,13H,3-4,10H2,1-2H3. The molecule has 1 heterocycles. The number of halogens is 2.